The van der Waals surface area contributed by atoms with Crippen molar-refractivity contribution < 1.29 is 4.79 Å². The second-order valence-electron chi connectivity index (χ2n) is 4.64. The summed E-state index contributed by atoms with van der Waals surface area (Å²) in [6.45, 7) is 6.94. The van der Waals surface area contributed by atoms with E-state index in [1.165, 1.54) is 12.8 Å². The van der Waals surface area contributed by atoms with Crippen molar-refractivity contribution in [1.82, 2.24) is 4.90 Å². The summed E-state index contributed by atoms with van der Waals surface area (Å²) in [6.07, 6.45) is 4.66. The summed E-state index contributed by atoms with van der Waals surface area (Å²) in [5, 5.41) is 0. The Kier molecular flexibility index (Phi) is 8.46. The molecule has 0 saturated carbocycles. The van der Waals surface area contributed by atoms with Gasteiger partial charge in [-0.3, -0.25) is 9.69 Å². The van der Waals surface area contributed by atoms with Gasteiger partial charge in [-0.2, -0.15) is 0 Å². The smallest absolute Gasteiger partial charge is 0.178 e. The zero-order chi connectivity index (χ0) is 14.3. The number of nitrogens with zero attached hydrogens (tertiary/aromatic N) is 1. The molecule has 1 heterocycles. The molecule has 0 N–H and O–H groups in total. The van der Waals surface area contributed by atoms with Gasteiger partial charge in [0.05, 0.1) is 14.1 Å². The first-order valence-electron chi connectivity index (χ1n) is 6.78. The standard InChI is InChI=1S/C14H21Br2NOS/c1-3-5-7-17(8-6-4-2)10-12(18)11-9-13(15)19-14(11)16/h9H,3-8,10H2,1-2H3. The Balaban J connectivity index is 2.61. The van der Waals surface area contributed by atoms with E-state index in [2.05, 4.69) is 50.6 Å². The summed E-state index contributed by atoms with van der Waals surface area (Å²) in [5.74, 6) is 0.209. The van der Waals surface area contributed by atoms with Gasteiger partial charge in [-0.1, -0.05) is 26.7 Å². The Morgan fingerprint density at radius 2 is 1.79 bits per heavy atom. The molecule has 0 aliphatic carbocycles. The van der Waals surface area contributed by atoms with Gasteiger partial charge in [-0.15, -0.1) is 11.3 Å². The third kappa shape index (κ3) is 6.06. The first-order chi connectivity index (χ1) is 9.08. The van der Waals surface area contributed by atoms with Gasteiger partial charge in [0.15, 0.2) is 5.78 Å². The number of ketones is 1. The molecule has 19 heavy (non-hydrogen) atoms. The van der Waals surface area contributed by atoms with Crippen LogP contribution in [0.25, 0.3) is 0 Å². The number of carbonyl (C=O) groups is 1. The fourth-order valence-electron chi connectivity index (χ4n) is 1.85. The molecular formula is C14H21Br2NOS. The minimum Gasteiger partial charge on any atom is -0.296 e. The van der Waals surface area contributed by atoms with E-state index in [0.29, 0.717) is 6.54 Å². The van der Waals surface area contributed by atoms with Crippen LogP contribution in [0.2, 0.25) is 0 Å². The molecule has 0 fully saturated rings. The Morgan fingerprint density at radius 1 is 1.21 bits per heavy atom. The lowest BCUT2D eigenvalue weighted by molar-refractivity contribution is 0.0928. The molecule has 5 heteroatoms. The summed E-state index contributed by atoms with van der Waals surface area (Å²) in [5.41, 5.74) is 0.801. The van der Waals surface area contributed by atoms with Crippen LogP contribution >= 0.6 is 43.2 Å². The van der Waals surface area contributed by atoms with Crippen LogP contribution in [0.4, 0.5) is 0 Å². The van der Waals surface area contributed by atoms with Crippen molar-refractivity contribution in [2.24, 2.45) is 0 Å². The predicted molar refractivity (Wildman–Crippen MR) is 90.3 cm³/mol. The molecule has 108 valence electrons. The predicted octanol–water partition coefficient (Wildman–Crippen LogP) is 5.36. The molecule has 0 aliphatic heterocycles. The maximum absolute atomic E-state index is 12.3. The quantitative estimate of drug-likeness (QED) is 0.510. The minimum atomic E-state index is 0.209. The van der Waals surface area contributed by atoms with E-state index in [1.54, 1.807) is 11.3 Å². The molecule has 0 saturated heterocycles. The number of hydrogen-bond acceptors (Lipinski definition) is 3. The van der Waals surface area contributed by atoms with Gasteiger partial charge in [-0.05, 0) is 63.9 Å². The fourth-order valence-corrected chi connectivity index (χ4v) is 4.71. The molecule has 1 rings (SSSR count). The average molecular weight is 411 g/mol. The van der Waals surface area contributed by atoms with Crippen LogP contribution in [0, 0.1) is 0 Å². The number of rotatable bonds is 9. The van der Waals surface area contributed by atoms with E-state index in [-0.39, 0.29) is 5.78 Å². The van der Waals surface area contributed by atoms with Gasteiger partial charge in [-0.25, -0.2) is 0 Å². The van der Waals surface area contributed by atoms with E-state index in [9.17, 15) is 4.79 Å². The second kappa shape index (κ2) is 9.27. The maximum atomic E-state index is 12.3. The van der Waals surface area contributed by atoms with E-state index in [4.69, 9.17) is 0 Å². The first-order valence-corrected chi connectivity index (χ1v) is 9.19. The van der Waals surface area contributed by atoms with Crippen molar-refractivity contribution in [3.8, 4) is 0 Å². The van der Waals surface area contributed by atoms with Crippen molar-refractivity contribution in [2.45, 2.75) is 39.5 Å². The van der Waals surface area contributed by atoms with Gasteiger partial charge in [0, 0.05) is 5.56 Å². The van der Waals surface area contributed by atoms with Crippen LogP contribution in [0.5, 0.6) is 0 Å². The van der Waals surface area contributed by atoms with Crippen molar-refractivity contribution >= 4 is 49.0 Å². The number of halogens is 2. The minimum absolute atomic E-state index is 0.209. The Hall–Kier alpha value is 0.290. The van der Waals surface area contributed by atoms with Crippen LogP contribution < -0.4 is 0 Å². The fraction of sp³-hybridized carbons (Fsp3) is 0.643. The molecule has 1 aromatic heterocycles. The Labute approximate surface area is 136 Å². The van der Waals surface area contributed by atoms with Crippen molar-refractivity contribution in [1.29, 1.82) is 0 Å². The van der Waals surface area contributed by atoms with Crippen LogP contribution in [0.1, 0.15) is 49.9 Å². The van der Waals surface area contributed by atoms with Crippen LogP contribution in [-0.2, 0) is 0 Å². The van der Waals surface area contributed by atoms with E-state index in [0.717, 1.165) is 39.1 Å². The highest BCUT2D eigenvalue weighted by molar-refractivity contribution is 9.12. The third-order valence-corrected chi connectivity index (χ3v) is 5.32. The van der Waals surface area contributed by atoms with Crippen molar-refractivity contribution in [3.05, 3.63) is 19.2 Å². The maximum Gasteiger partial charge on any atom is 0.178 e. The van der Waals surface area contributed by atoms with Crippen LogP contribution in [0.15, 0.2) is 13.6 Å². The van der Waals surface area contributed by atoms with Crippen molar-refractivity contribution in [3.63, 3.8) is 0 Å². The highest BCUT2D eigenvalue weighted by Gasteiger charge is 2.16. The highest BCUT2D eigenvalue weighted by Crippen LogP contribution is 2.32. The monoisotopic (exact) mass is 409 g/mol. The van der Waals surface area contributed by atoms with Gasteiger partial charge in [0.25, 0.3) is 0 Å². The Bertz CT molecular complexity index is 398. The first kappa shape index (κ1) is 17.3. The van der Waals surface area contributed by atoms with Crippen molar-refractivity contribution in [2.75, 3.05) is 19.6 Å². The lowest BCUT2D eigenvalue weighted by Crippen LogP contribution is -2.31. The number of unbranched alkanes of at least 4 members (excludes halogenated alkanes) is 2. The number of hydrogen-bond donors (Lipinski definition) is 0. The molecule has 1 aromatic rings. The van der Waals surface area contributed by atoms with Gasteiger partial charge in [0.1, 0.15) is 0 Å². The summed E-state index contributed by atoms with van der Waals surface area (Å²) in [6, 6.07) is 1.91. The van der Waals surface area contributed by atoms with E-state index >= 15 is 0 Å². The Morgan fingerprint density at radius 3 is 2.21 bits per heavy atom. The summed E-state index contributed by atoms with van der Waals surface area (Å²) in [7, 11) is 0. The van der Waals surface area contributed by atoms with Gasteiger partial charge in [0.2, 0.25) is 0 Å². The third-order valence-electron chi connectivity index (χ3n) is 2.98. The average Bonchev–Trinajstić information content (AvgIpc) is 2.71. The molecule has 0 bridgehead atoms. The molecule has 0 aromatic carbocycles. The summed E-state index contributed by atoms with van der Waals surface area (Å²) in [4.78, 5) is 14.6. The molecule has 0 unspecified atom stereocenters. The number of Topliss-reactive ketones (excluding diaryl/α,β-unsaturated/α-hetero) is 1. The topological polar surface area (TPSA) is 20.3 Å². The molecule has 0 radical (unpaired) electrons. The lowest BCUT2D eigenvalue weighted by atomic mass is 10.2. The molecule has 0 spiro atoms. The molecule has 0 aliphatic rings. The summed E-state index contributed by atoms with van der Waals surface area (Å²) >= 11 is 8.44. The zero-order valence-corrected chi connectivity index (χ0v) is 15.5. The molecular weight excluding hydrogens is 390 g/mol. The lowest BCUT2D eigenvalue weighted by Gasteiger charge is -2.20. The van der Waals surface area contributed by atoms with Crippen LogP contribution in [0.3, 0.4) is 0 Å². The molecule has 0 amide bonds. The largest absolute Gasteiger partial charge is 0.296 e. The van der Waals surface area contributed by atoms with E-state index < -0.39 is 0 Å². The number of carbonyl (C=O) groups excluding carboxylic acids is 1. The zero-order valence-electron chi connectivity index (χ0n) is 11.5. The second-order valence-corrected chi connectivity index (χ2v) is 8.39. The number of thiophene rings is 1. The SMILES string of the molecule is CCCCN(CCCC)CC(=O)c1cc(Br)sc1Br. The normalized spacial score (nSPS) is 11.2. The van der Waals surface area contributed by atoms with Gasteiger partial charge < -0.3 is 0 Å². The molecule has 2 nitrogen and oxygen atoms in total. The van der Waals surface area contributed by atoms with Crippen LogP contribution in [-0.4, -0.2) is 30.3 Å². The van der Waals surface area contributed by atoms with Gasteiger partial charge >= 0.3 is 0 Å². The van der Waals surface area contributed by atoms with E-state index in [1.807, 2.05) is 6.07 Å². The molecule has 0 atom stereocenters. The highest BCUT2D eigenvalue weighted by atomic mass is 79.9. The summed E-state index contributed by atoms with van der Waals surface area (Å²) < 4.78 is 1.92.